The van der Waals surface area contributed by atoms with Crippen LogP contribution in [0.1, 0.15) is 19.8 Å². The highest BCUT2D eigenvalue weighted by Crippen LogP contribution is 2.27. The molecule has 1 N–H and O–H groups in total. The standard InChI is InChI=1S/C13H20ClN3O2S/c1-11(9-14)10-20(18,19)16-12-5-4-6-15-13(12)17-7-2-3-8-17/h4-6,11,16H,2-3,7-10H2,1H3. The predicted molar refractivity (Wildman–Crippen MR) is 83.0 cm³/mol. The lowest BCUT2D eigenvalue weighted by atomic mass is 10.3. The van der Waals surface area contributed by atoms with E-state index in [0.717, 1.165) is 25.9 Å². The van der Waals surface area contributed by atoms with Crippen LogP contribution in [0.15, 0.2) is 18.3 Å². The molecule has 2 rings (SSSR count). The Balaban J connectivity index is 2.16. The van der Waals surface area contributed by atoms with Crippen molar-refractivity contribution in [3.63, 3.8) is 0 Å². The number of anilines is 2. The summed E-state index contributed by atoms with van der Waals surface area (Å²) in [5.41, 5.74) is 0.552. The molecule has 7 heteroatoms. The van der Waals surface area contributed by atoms with Gasteiger partial charge in [-0.2, -0.15) is 0 Å². The molecule has 2 heterocycles. The van der Waals surface area contributed by atoms with Gasteiger partial charge in [-0.05, 0) is 30.9 Å². The van der Waals surface area contributed by atoms with Gasteiger partial charge >= 0.3 is 0 Å². The average Bonchev–Trinajstić information content (AvgIpc) is 2.92. The predicted octanol–water partition coefficient (Wildman–Crippen LogP) is 2.30. The summed E-state index contributed by atoms with van der Waals surface area (Å²) in [5, 5.41) is 0. The summed E-state index contributed by atoms with van der Waals surface area (Å²) in [6.45, 7) is 3.66. The Hall–Kier alpha value is -1.01. The Bertz CT molecular complexity index is 544. The second-order valence-corrected chi connectivity index (χ2v) is 7.29. The number of rotatable bonds is 6. The molecule has 1 aliphatic rings. The van der Waals surface area contributed by atoms with E-state index in [4.69, 9.17) is 11.6 Å². The van der Waals surface area contributed by atoms with E-state index < -0.39 is 10.0 Å². The average molecular weight is 318 g/mol. The van der Waals surface area contributed by atoms with E-state index >= 15 is 0 Å². The number of aromatic nitrogens is 1. The molecule has 1 aromatic rings. The van der Waals surface area contributed by atoms with Crippen LogP contribution in [0, 0.1) is 5.92 Å². The fourth-order valence-electron chi connectivity index (χ4n) is 2.29. The first-order chi connectivity index (χ1) is 9.52. The molecule has 0 aromatic carbocycles. The van der Waals surface area contributed by atoms with Crippen LogP contribution in [0.5, 0.6) is 0 Å². The summed E-state index contributed by atoms with van der Waals surface area (Å²) in [4.78, 5) is 6.43. The van der Waals surface area contributed by atoms with Crippen molar-refractivity contribution in [2.75, 3.05) is 34.3 Å². The third-order valence-electron chi connectivity index (χ3n) is 3.23. The molecule has 5 nitrogen and oxygen atoms in total. The molecular formula is C13H20ClN3O2S. The normalized spacial score (nSPS) is 17.2. The first-order valence-electron chi connectivity index (χ1n) is 6.78. The summed E-state index contributed by atoms with van der Waals surface area (Å²) in [6, 6.07) is 3.49. The summed E-state index contributed by atoms with van der Waals surface area (Å²) in [6.07, 6.45) is 3.92. The lowest BCUT2D eigenvalue weighted by Gasteiger charge is -2.20. The largest absolute Gasteiger partial charge is 0.355 e. The minimum atomic E-state index is -3.40. The number of nitrogens with zero attached hydrogens (tertiary/aromatic N) is 2. The molecule has 1 saturated heterocycles. The molecule has 1 unspecified atom stereocenters. The summed E-state index contributed by atoms with van der Waals surface area (Å²) >= 11 is 5.68. The van der Waals surface area contributed by atoms with Crippen LogP contribution in [0.2, 0.25) is 0 Å². The molecule has 0 spiro atoms. The van der Waals surface area contributed by atoms with Crippen molar-refractivity contribution in [3.8, 4) is 0 Å². The highest BCUT2D eigenvalue weighted by molar-refractivity contribution is 7.92. The van der Waals surface area contributed by atoms with Crippen molar-refractivity contribution in [2.24, 2.45) is 5.92 Å². The maximum absolute atomic E-state index is 12.1. The smallest absolute Gasteiger partial charge is 0.233 e. The zero-order valence-corrected chi connectivity index (χ0v) is 13.1. The molecule has 20 heavy (non-hydrogen) atoms. The molecule has 0 radical (unpaired) electrons. The van der Waals surface area contributed by atoms with Crippen LogP contribution in [0.25, 0.3) is 0 Å². The van der Waals surface area contributed by atoms with E-state index in [9.17, 15) is 8.42 Å². The number of pyridine rings is 1. The van der Waals surface area contributed by atoms with Gasteiger partial charge in [-0.15, -0.1) is 11.6 Å². The molecule has 1 atom stereocenters. The third kappa shape index (κ3) is 3.99. The summed E-state index contributed by atoms with van der Waals surface area (Å²) in [5.74, 6) is 0.978. The Morgan fingerprint density at radius 1 is 1.45 bits per heavy atom. The van der Waals surface area contributed by atoms with E-state index in [-0.39, 0.29) is 11.7 Å². The van der Waals surface area contributed by atoms with Gasteiger partial charge in [0.15, 0.2) is 5.82 Å². The Morgan fingerprint density at radius 3 is 2.80 bits per heavy atom. The molecule has 0 amide bonds. The number of hydrogen-bond donors (Lipinski definition) is 1. The monoisotopic (exact) mass is 317 g/mol. The van der Waals surface area contributed by atoms with E-state index in [1.807, 2.05) is 6.92 Å². The topological polar surface area (TPSA) is 62.3 Å². The number of alkyl halides is 1. The van der Waals surface area contributed by atoms with Crippen LogP contribution in [0.3, 0.4) is 0 Å². The third-order valence-corrected chi connectivity index (χ3v) is 5.29. The maximum atomic E-state index is 12.1. The van der Waals surface area contributed by atoms with E-state index in [2.05, 4.69) is 14.6 Å². The van der Waals surface area contributed by atoms with Gasteiger partial charge in [0, 0.05) is 25.2 Å². The van der Waals surface area contributed by atoms with Crippen LogP contribution in [0.4, 0.5) is 11.5 Å². The van der Waals surface area contributed by atoms with Crippen molar-refractivity contribution in [3.05, 3.63) is 18.3 Å². The Morgan fingerprint density at radius 2 is 2.15 bits per heavy atom. The van der Waals surface area contributed by atoms with Gasteiger partial charge in [0.1, 0.15) is 0 Å². The van der Waals surface area contributed by atoms with Crippen molar-refractivity contribution in [1.82, 2.24) is 4.98 Å². The quantitative estimate of drug-likeness (QED) is 0.818. The van der Waals surface area contributed by atoms with E-state index in [1.165, 1.54) is 0 Å². The van der Waals surface area contributed by atoms with Gasteiger partial charge in [0.2, 0.25) is 10.0 Å². The van der Waals surface area contributed by atoms with E-state index in [0.29, 0.717) is 17.4 Å². The lowest BCUT2D eigenvalue weighted by Crippen LogP contribution is -2.25. The molecule has 1 fully saturated rings. The molecular weight excluding hydrogens is 298 g/mol. The molecule has 1 aliphatic heterocycles. The van der Waals surface area contributed by atoms with Gasteiger partial charge in [-0.1, -0.05) is 6.92 Å². The van der Waals surface area contributed by atoms with Gasteiger partial charge in [0.25, 0.3) is 0 Å². The van der Waals surface area contributed by atoms with Crippen molar-refractivity contribution in [2.45, 2.75) is 19.8 Å². The lowest BCUT2D eigenvalue weighted by molar-refractivity contribution is 0.588. The fraction of sp³-hybridized carbons (Fsp3) is 0.615. The number of nitrogens with one attached hydrogen (secondary N) is 1. The second-order valence-electron chi connectivity index (χ2n) is 5.21. The molecule has 112 valence electrons. The molecule has 1 aromatic heterocycles. The molecule has 0 aliphatic carbocycles. The summed E-state index contributed by atoms with van der Waals surface area (Å²) in [7, 11) is -3.40. The van der Waals surface area contributed by atoms with Crippen LogP contribution >= 0.6 is 11.6 Å². The van der Waals surface area contributed by atoms with Gasteiger partial charge in [-0.3, -0.25) is 4.72 Å². The van der Waals surface area contributed by atoms with Gasteiger partial charge < -0.3 is 4.90 Å². The zero-order chi connectivity index (χ0) is 14.6. The van der Waals surface area contributed by atoms with Crippen molar-refractivity contribution >= 4 is 33.1 Å². The number of sulfonamides is 1. The minimum absolute atomic E-state index is 0.0187. The van der Waals surface area contributed by atoms with Crippen LogP contribution < -0.4 is 9.62 Å². The van der Waals surface area contributed by atoms with Crippen LogP contribution in [-0.4, -0.2) is 38.1 Å². The Labute approximate surface area is 125 Å². The molecule has 0 saturated carbocycles. The highest BCUT2D eigenvalue weighted by atomic mass is 35.5. The first kappa shape index (κ1) is 15.4. The minimum Gasteiger partial charge on any atom is -0.355 e. The zero-order valence-electron chi connectivity index (χ0n) is 11.5. The number of halogens is 1. The molecule has 0 bridgehead atoms. The van der Waals surface area contributed by atoms with Crippen LogP contribution in [-0.2, 0) is 10.0 Å². The summed E-state index contributed by atoms with van der Waals surface area (Å²) < 4.78 is 26.9. The maximum Gasteiger partial charge on any atom is 0.233 e. The van der Waals surface area contributed by atoms with Gasteiger partial charge in [0.05, 0.1) is 11.4 Å². The van der Waals surface area contributed by atoms with Gasteiger partial charge in [-0.25, -0.2) is 13.4 Å². The van der Waals surface area contributed by atoms with E-state index in [1.54, 1.807) is 18.3 Å². The Kier molecular flexibility index (Phi) is 5.10. The van der Waals surface area contributed by atoms with Crippen molar-refractivity contribution < 1.29 is 8.42 Å². The fourth-order valence-corrected chi connectivity index (χ4v) is 3.97. The van der Waals surface area contributed by atoms with Crippen molar-refractivity contribution in [1.29, 1.82) is 0 Å². The SMILES string of the molecule is CC(CCl)CS(=O)(=O)Nc1cccnc1N1CCCC1. The number of hydrogen-bond acceptors (Lipinski definition) is 4. The second kappa shape index (κ2) is 6.63. The first-order valence-corrected chi connectivity index (χ1v) is 8.97. The highest BCUT2D eigenvalue weighted by Gasteiger charge is 2.21.